The third kappa shape index (κ3) is 4.05. The van der Waals surface area contributed by atoms with Gasteiger partial charge in [0.15, 0.2) is 0 Å². The molecule has 1 aliphatic heterocycles. The van der Waals surface area contributed by atoms with Gasteiger partial charge in [0, 0.05) is 31.5 Å². The summed E-state index contributed by atoms with van der Waals surface area (Å²) in [6.07, 6.45) is 5.31. The van der Waals surface area contributed by atoms with E-state index >= 15 is 0 Å². The van der Waals surface area contributed by atoms with Crippen molar-refractivity contribution in [1.82, 2.24) is 9.88 Å². The smallest absolute Gasteiger partial charge is 0.264 e. The summed E-state index contributed by atoms with van der Waals surface area (Å²) < 4.78 is 32.8. The SMILES string of the molecule is COc1ccccc1N(C)S(=O)(=O)c1ccc(C(=O)N2CCCC2c2cccnc2)cc1. The maximum Gasteiger partial charge on any atom is 0.264 e. The van der Waals surface area contributed by atoms with Crippen LogP contribution in [0, 0.1) is 0 Å². The van der Waals surface area contributed by atoms with E-state index in [1.54, 1.807) is 48.8 Å². The Morgan fingerprint density at radius 3 is 2.53 bits per heavy atom. The molecule has 1 saturated heterocycles. The molecule has 0 radical (unpaired) electrons. The van der Waals surface area contributed by atoms with Crippen LogP contribution in [0.3, 0.4) is 0 Å². The quantitative estimate of drug-likeness (QED) is 0.568. The van der Waals surface area contributed by atoms with E-state index in [1.807, 2.05) is 17.0 Å². The van der Waals surface area contributed by atoms with Gasteiger partial charge in [-0.1, -0.05) is 18.2 Å². The van der Waals surface area contributed by atoms with Gasteiger partial charge in [0.25, 0.3) is 15.9 Å². The topological polar surface area (TPSA) is 79.8 Å². The van der Waals surface area contributed by atoms with E-state index in [1.165, 1.54) is 30.6 Å². The molecule has 1 unspecified atom stereocenters. The second-order valence-corrected chi connectivity index (χ2v) is 9.58. The number of rotatable bonds is 6. The average molecular weight is 452 g/mol. The van der Waals surface area contributed by atoms with Crippen molar-refractivity contribution in [2.45, 2.75) is 23.8 Å². The van der Waals surface area contributed by atoms with Crippen molar-refractivity contribution >= 4 is 21.6 Å². The summed E-state index contributed by atoms with van der Waals surface area (Å²) in [7, 11) is -0.842. The fourth-order valence-corrected chi connectivity index (χ4v) is 5.25. The number of benzene rings is 2. The first-order valence-electron chi connectivity index (χ1n) is 10.4. The van der Waals surface area contributed by atoms with Crippen LogP contribution < -0.4 is 9.04 Å². The molecule has 0 N–H and O–H groups in total. The largest absolute Gasteiger partial charge is 0.495 e. The van der Waals surface area contributed by atoms with Gasteiger partial charge in [0.1, 0.15) is 5.75 Å². The zero-order valence-corrected chi connectivity index (χ0v) is 18.8. The van der Waals surface area contributed by atoms with E-state index in [0.29, 0.717) is 23.5 Å². The van der Waals surface area contributed by atoms with Crippen molar-refractivity contribution in [2.24, 2.45) is 0 Å². The lowest BCUT2D eigenvalue weighted by Crippen LogP contribution is -2.31. The number of hydrogen-bond acceptors (Lipinski definition) is 5. The number of nitrogens with zero attached hydrogens (tertiary/aromatic N) is 3. The summed E-state index contributed by atoms with van der Waals surface area (Å²) in [6.45, 7) is 0.662. The number of sulfonamides is 1. The van der Waals surface area contributed by atoms with Gasteiger partial charge in [-0.05, 0) is 60.9 Å². The molecule has 0 aliphatic carbocycles. The van der Waals surface area contributed by atoms with Gasteiger partial charge in [-0.3, -0.25) is 14.1 Å². The molecule has 3 aromatic rings. The van der Waals surface area contributed by atoms with Crippen LogP contribution in [0.5, 0.6) is 5.75 Å². The molecule has 1 amide bonds. The van der Waals surface area contributed by atoms with Crippen LogP contribution in [0.4, 0.5) is 5.69 Å². The number of pyridine rings is 1. The molecule has 2 heterocycles. The molecule has 166 valence electrons. The van der Waals surface area contributed by atoms with Crippen LogP contribution in [-0.2, 0) is 10.0 Å². The zero-order valence-electron chi connectivity index (χ0n) is 18.0. The van der Waals surface area contributed by atoms with Crippen LogP contribution >= 0.6 is 0 Å². The van der Waals surface area contributed by atoms with Crippen LogP contribution in [0.15, 0.2) is 78.0 Å². The third-order valence-corrected chi connectivity index (χ3v) is 7.55. The Morgan fingerprint density at radius 1 is 1.09 bits per heavy atom. The van der Waals surface area contributed by atoms with Crippen molar-refractivity contribution in [2.75, 3.05) is 25.0 Å². The van der Waals surface area contributed by atoms with E-state index in [4.69, 9.17) is 4.74 Å². The normalized spacial score (nSPS) is 16.1. The second-order valence-electron chi connectivity index (χ2n) is 7.61. The highest BCUT2D eigenvalue weighted by atomic mass is 32.2. The lowest BCUT2D eigenvalue weighted by molar-refractivity contribution is 0.0735. The third-order valence-electron chi connectivity index (χ3n) is 5.77. The second kappa shape index (κ2) is 9.00. The molecular formula is C24H25N3O4S. The monoisotopic (exact) mass is 451 g/mol. The maximum absolute atomic E-state index is 13.2. The molecule has 1 fully saturated rings. The number of carbonyl (C=O) groups excluding carboxylic acids is 1. The molecular weight excluding hydrogens is 426 g/mol. The highest BCUT2D eigenvalue weighted by molar-refractivity contribution is 7.92. The van der Waals surface area contributed by atoms with Crippen LogP contribution in [-0.4, -0.2) is 44.9 Å². The predicted molar refractivity (Wildman–Crippen MR) is 122 cm³/mol. The Morgan fingerprint density at radius 2 is 1.84 bits per heavy atom. The van der Waals surface area contributed by atoms with E-state index in [2.05, 4.69) is 4.98 Å². The first kappa shape index (κ1) is 21.8. The summed E-state index contributed by atoms with van der Waals surface area (Å²) in [6, 6.07) is 16.8. The maximum atomic E-state index is 13.2. The van der Waals surface area contributed by atoms with E-state index in [-0.39, 0.29) is 16.8 Å². The summed E-state index contributed by atoms with van der Waals surface area (Å²) in [5.41, 5.74) is 1.90. The standard InChI is InChI=1S/C24H25N3O4S/c1-26(22-8-3-4-10-23(22)31-2)32(29,30)20-13-11-18(12-14-20)24(28)27-16-6-9-21(27)19-7-5-15-25-17-19/h3-5,7-8,10-15,17,21H,6,9,16H2,1-2H3. The summed E-state index contributed by atoms with van der Waals surface area (Å²) in [5, 5.41) is 0. The number of hydrogen-bond donors (Lipinski definition) is 0. The van der Waals surface area contributed by atoms with Gasteiger partial charge in [-0.2, -0.15) is 0 Å². The van der Waals surface area contributed by atoms with Crippen LogP contribution in [0.1, 0.15) is 34.8 Å². The van der Waals surface area contributed by atoms with E-state index < -0.39 is 10.0 Å². The molecule has 8 heteroatoms. The molecule has 1 atom stereocenters. The number of likely N-dealkylation sites (tertiary alicyclic amines) is 1. The minimum absolute atomic E-state index is 0.0173. The number of aromatic nitrogens is 1. The molecule has 2 aromatic carbocycles. The number of ether oxygens (including phenoxy) is 1. The van der Waals surface area contributed by atoms with Crippen molar-refractivity contribution in [3.05, 3.63) is 84.2 Å². The zero-order chi connectivity index (χ0) is 22.7. The molecule has 7 nitrogen and oxygen atoms in total. The van der Waals surface area contributed by atoms with Crippen LogP contribution in [0.2, 0.25) is 0 Å². The number of para-hydroxylation sites is 2. The first-order chi connectivity index (χ1) is 15.4. The minimum Gasteiger partial charge on any atom is -0.495 e. The van der Waals surface area contributed by atoms with Gasteiger partial charge in [0.05, 0.1) is 23.7 Å². The minimum atomic E-state index is -3.82. The lowest BCUT2D eigenvalue weighted by atomic mass is 10.1. The highest BCUT2D eigenvalue weighted by Gasteiger charge is 2.31. The number of anilines is 1. The molecule has 0 bridgehead atoms. The number of amides is 1. The van der Waals surface area contributed by atoms with Crippen molar-refractivity contribution in [3.8, 4) is 5.75 Å². The van der Waals surface area contributed by atoms with E-state index in [9.17, 15) is 13.2 Å². The van der Waals surface area contributed by atoms with Gasteiger partial charge >= 0.3 is 0 Å². The van der Waals surface area contributed by atoms with Gasteiger partial charge in [-0.15, -0.1) is 0 Å². The van der Waals surface area contributed by atoms with Crippen molar-refractivity contribution < 1.29 is 17.9 Å². The Bertz CT molecular complexity index is 1200. The highest BCUT2D eigenvalue weighted by Crippen LogP contribution is 2.33. The summed E-state index contributed by atoms with van der Waals surface area (Å²) in [4.78, 5) is 19.3. The molecule has 0 saturated carbocycles. The fourth-order valence-electron chi connectivity index (χ4n) is 4.04. The average Bonchev–Trinajstić information content (AvgIpc) is 3.33. The molecule has 1 aliphatic rings. The fraction of sp³-hybridized carbons (Fsp3) is 0.250. The molecule has 4 rings (SSSR count). The summed E-state index contributed by atoms with van der Waals surface area (Å²) >= 11 is 0. The van der Waals surface area contributed by atoms with Crippen molar-refractivity contribution in [3.63, 3.8) is 0 Å². The van der Waals surface area contributed by atoms with E-state index in [0.717, 1.165) is 18.4 Å². The number of methoxy groups -OCH3 is 1. The van der Waals surface area contributed by atoms with Gasteiger partial charge in [0.2, 0.25) is 0 Å². The summed E-state index contributed by atoms with van der Waals surface area (Å²) in [5.74, 6) is 0.347. The first-order valence-corrected chi connectivity index (χ1v) is 11.8. The predicted octanol–water partition coefficient (Wildman–Crippen LogP) is 3.89. The molecule has 32 heavy (non-hydrogen) atoms. The molecule has 1 aromatic heterocycles. The Hall–Kier alpha value is -3.39. The lowest BCUT2D eigenvalue weighted by Gasteiger charge is -2.25. The Labute approximate surface area is 188 Å². The van der Waals surface area contributed by atoms with Gasteiger partial charge in [-0.25, -0.2) is 8.42 Å². The number of carbonyl (C=O) groups is 1. The van der Waals surface area contributed by atoms with Crippen molar-refractivity contribution in [1.29, 1.82) is 0 Å². The van der Waals surface area contributed by atoms with Crippen LogP contribution in [0.25, 0.3) is 0 Å². The Kier molecular flexibility index (Phi) is 6.14. The van der Waals surface area contributed by atoms with Gasteiger partial charge < -0.3 is 9.64 Å². The Balaban J connectivity index is 1.57. The molecule has 0 spiro atoms.